The topological polar surface area (TPSA) is 74.3 Å². The molecule has 9 heteroatoms. The Morgan fingerprint density at radius 3 is 2.53 bits per heavy atom. The van der Waals surface area contributed by atoms with E-state index in [-0.39, 0.29) is 5.70 Å². The zero-order valence-electron chi connectivity index (χ0n) is 16.4. The van der Waals surface area contributed by atoms with Gasteiger partial charge in [-0.1, -0.05) is 29.8 Å². The van der Waals surface area contributed by atoms with Gasteiger partial charge in [0.05, 0.1) is 38.3 Å². The minimum absolute atomic E-state index is 0.0923. The Morgan fingerprint density at radius 2 is 1.87 bits per heavy atom. The molecule has 0 aromatic heterocycles. The van der Waals surface area contributed by atoms with Gasteiger partial charge in [0, 0.05) is 16.0 Å². The molecule has 2 heterocycles. The summed E-state index contributed by atoms with van der Waals surface area (Å²) >= 11 is 8.03. The van der Waals surface area contributed by atoms with Crippen LogP contribution in [0.25, 0.3) is 0 Å². The first-order chi connectivity index (χ1) is 14.5. The summed E-state index contributed by atoms with van der Waals surface area (Å²) in [5.74, 6) is 0.0683. The van der Waals surface area contributed by atoms with E-state index < -0.39 is 17.7 Å². The average molecular weight is 448 g/mol. The Hall–Kier alpha value is -2.84. The summed E-state index contributed by atoms with van der Waals surface area (Å²) in [6, 6.07) is 10.7. The molecule has 156 valence electrons. The van der Waals surface area contributed by atoms with Crippen molar-refractivity contribution < 1.29 is 28.5 Å². The summed E-state index contributed by atoms with van der Waals surface area (Å²) in [6.45, 7) is 0. The Bertz CT molecular complexity index is 1070. The lowest BCUT2D eigenvalue weighted by molar-refractivity contribution is -0.149. The van der Waals surface area contributed by atoms with Crippen molar-refractivity contribution in [2.24, 2.45) is 0 Å². The van der Waals surface area contributed by atoms with E-state index in [0.29, 0.717) is 33.5 Å². The first kappa shape index (κ1) is 20.4. The van der Waals surface area contributed by atoms with E-state index in [9.17, 15) is 9.59 Å². The molecule has 1 fully saturated rings. The van der Waals surface area contributed by atoms with Crippen molar-refractivity contribution >= 4 is 35.3 Å². The predicted molar refractivity (Wildman–Crippen MR) is 111 cm³/mol. The minimum atomic E-state index is -1.37. The smallest absolute Gasteiger partial charge is 0.357 e. The molecular weight excluding hydrogens is 430 g/mol. The highest BCUT2D eigenvalue weighted by Gasteiger charge is 2.57. The molecule has 0 N–H and O–H groups in total. The molecule has 0 amide bonds. The van der Waals surface area contributed by atoms with E-state index in [1.807, 2.05) is 12.1 Å². The highest BCUT2D eigenvalue weighted by molar-refractivity contribution is 7.99. The second-order valence-electron chi connectivity index (χ2n) is 6.47. The molecule has 0 radical (unpaired) electrons. The predicted octanol–water partition coefficient (Wildman–Crippen LogP) is 3.54. The number of hydrogen-bond donors (Lipinski definition) is 0. The standard InChI is InChI=1S/C21H18ClNO6S/c1-26-16-8-13-18(10-17(16)27-2)30-11-23-15(9-19(24)28-3)20(25)29-21(13,23)12-6-4-5-7-14(12)22/h4-10H,11H2,1-3H3/b15-9-. The molecule has 0 saturated carbocycles. The maximum absolute atomic E-state index is 12.9. The number of fused-ring (bicyclic) bond motifs is 3. The van der Waals surface area contributed by atoms with Crippen LogP contribution in [-0.2, 0) is 24.8 Å². The summed E-state index contributed by atoms with van der Waals surface area (Å²) in [7, 11) is 4.34. The van der Waals surface area contributed by atoms with Crippen molar-refractivity contribution in [2.45, 2.75) is 10.6 Å². The zero-order valence-corrected chi connectivity index (χ0v) is 18.0. The molecule has 1 saturated heterocycles. The largest absolute Gasteiger partial charge is 0.493 e. The second-order valence-corrected chi connectivity index (χ2v) is 7.86. The van der Waals surface area contributed by atoms with Gasteiger partial charge in [0.1, 0.15) is 5.70 Å². The number of thioether (sulfide) groups is 1. The van der Waals surface area contributed by atoms with Crippen LogP contribution in [0.3, 0.4) is 0 Å². The van der Waals surface area contributed by atoms with Crippen molar-refractivity contribution in [1.29, 1.82) is 0 Å². The van der Waals surface area contributed by atoms with Crippen LogP contribution in [0, 0.1) is 0 Å². The van der Waals surface area contributed by atoms with Crippen molar-refractivity contribution in [2.75, 3.05) is 27.2 Å². The Labute approximate surface area is 182 Å². The van der Waals surface area contributed by atoms with Crippen molar-refractivity contribution in [3.8, 4) is 11.5 Å². The molecule has 1 unspecified atom stereocenters. The first-order valence-corrected chi connectivity index (χ1v) is 10.3. The van der Waals surface area contributed by atoms with Gasteiger partial charge >= 0.3 is 11.9 Å². The third-order valence-corrected chi connectivity index (χ3v) is 6.38. The first-order valence-electron chi connectivity index (χ1n) is 8.91. The summed E-state index contributed by atoms with van der Waals surface area (Å²) < 4.78 is 21.6. The fraction of sp³-hybridized carbons (Fsp3) is 0.238. The number of nitrogens with zero attached hydrogens (tertiary/aromatic N) is 1. The van der Waals surface area contributed by atoms with Crippen LogP contribution in [0.5, 0.6) is 11.5 Å². The lowest BCUT2D eigenvalue weighted by Crippen LogP contribution is -2.45. The highest BCUT2D eigenvalue weighted by Crippen LogP contribution is 2.55. The fourth-order valence-corrected chi connectivity index (χ4v) is 5.05. The van der Waals surface area contributed by atoms with Crippen LogP contribution in [-0.4, -0.2) is 44.0 Å². The van der Waals surface area contributed by atoms with Gasteiger partial charge < -0.3 is 23.8 Å². The minimum Gasteiger partial charge on any atom is -0.493 e. The van der Waals surface area contributed by atoms with Crippen LogP contribution in [0.4, 0.5) is 0 Å². The number of carbonyl (C=O) groups excluding carboxylic acids is 2. The average Bonchev–Trinajstić information content (AvgIpc) is 3.05. The number of halogens is 1. The molecule has 30 heavy (non-hydrogen) atoms. The molecule has 2 aliphatic heterocycles. The fourth-order valence-electron chi connectivity index (χ4n) is 3.65. The van der Waals surface area contributed by atoms with Crippen molar-refractivity contribution in [3.63, 3.8) is 0 Å². The number of methoxy groups -OCH3 is 3. The molecule has 2 aromatic rings. The molecule has 0 aliphatic carbocycles. The number of benzene rings is 2. The van der Waals surface area contributed by atoms with Gasteiger partial charge in [-0.05, 0) is 18.2 Å². The Kier molecular flexibility index (Phi) is 5.29. The van der Waals surface area contributed by atoms with E-state index in [1.54, 1.807) is 36.3 Å². The summed E-state index contributed by atoms with van der Waals surface area (Å²) in [5.41, 5.74) is -0.0436. The van der Waals surface area contributed by atoms with Gasteiger partial charge in [-0.2, -0.15) is 0 Å². The summed E-state index contributed by atoms with van der Waals surface area (Å²) in [6.07, 6.45) is 1.13. The van der Waals surface area contributed by atoms with Crippen molar-refractivity contribution in [3.05, 3.63) is 64.3 Å². The molecule has 0 bridgehead atoms. The number of esters is 2. The molecule has 2 aliphatic rings. The number of rotatable bonds is 4. The molecule has 1 atom stereocenters. The normalized spacial score (nSPS) is 21.0. The maximum atomic E-state index is 12.9. The molecule has 7 nitrogen and oxygen atoms in total. The molecule has 4 rings (SSSR count). The number of carbonyl (C=O) groups is 2. The summed E-state index contributed by atoms with van der Waals surface area (Å²) in [5, 5.41) is 0.419. The second kappa shape index (κ2) is 7.77. The maximum Gasteiger partial charge on any atom is 0.357 e. The van der Waals surface area contributed by atoms with Crippen LogP contribution < -0.4 is 9.47 Å². The van der Waals surface area contributed by atoms with E-state index in [0.717, 1.165) is 11.0 Å². The highest BCUT2D eigenvalue weighted by atomic mass is 35.5. The lowest BCUT2D eigenvalue weighted by atomic mass is 9.92. The quantitative estimate of drug-likeness (QED) is 0.520. The van der Waals surface area contributed by atoms with Gasteiger partial charge in [0.2, 0.25) is 5.72 Å². The SMILES string of the molecule is COC(=O)/C=C1/C(=O)OC2(c3ccccc3Cl)c3cc(OC)c(OC)cc3SCN12. The summed E-state index contributed by atoms with van der Waals surface area (Å²) in [4.78, 5) is 27.4. The number of hydrogen-bond acceptors (Lipinski definition) is 8. The van der Waals surface area contributed by atoms with Gasteiger partial charge in [-0.25, -0.2) is 9.59 Å². The van der Waals surface area contributed by atoms with Crippen LogP contribution in [0.2, 0.25) is 5.02 Å². The van der Waals surface area contributed by atoms with Crippen molar-refractivity contribution in [1.82, 2.24) is 4.90 Å². The molecule has 2 aromatic carbocycles. The van der Waals surface area contributed by atoms with Crippen LogP contribution in [0.15, 0.2) is 53.1 Å². The van der Waals surface area contributed by atoms with Gasteiger partial charge in [0.25, 0.3) is 0 Å². The Morgan fingerprint density at radius 1 is 1.17 bits per heavy atom. The lowest BCUT2D eigenvalue weighted by Gasteiger charge is -2.42. The monoisotopic (exact) mass is 447 g/mol. The van der Waals surface area contributed by atoms with E-state index >= 15 is 0 Å². The van der Waals surface area contributed by atoms with E-state index in [2.05, 4.69) is 0 Å². The molecular formula is C21H18ClNO6S. The number of ether oxygens (including phenoxy) is 4. The van der Waals surface area contributed by atoms with E-state index in [1.165, 1.54) is 26.0 Å². The third-order valence-electron chi connectivity index (χ3n) is 5.02. The Balaban J connectivity index is 2.02. The van der Waals surface area contributed by atoms with Crippen LogP contribution in [0.1, 0.15) is 11.1 Å². The van der Waals surface area contributed by atoms with Gasteiger partial charge in [-0.3, -0.25) is 0 Å². The molecule has 0 spiro atoms. The van der Waals surface area contributed by atoms with E-state index in [4.69, 9.17) is 30.5 Å². The van der Waals surface area contributed by atoms with Gasteiger partial charge in [0.15, 0.2) is 11.5 Å². The zero-order chi connectivity index (χ0) is 21.5. The van der Waals surface area contributed by atoms with Gasteiger partial charge in [-0.15, -0.1) is 11.8 Å². The third kappa shape index (κ3) is 2.98. The van der Waals surface area contributed by atoms with Crippen LogP contribution >= 0.6 is 23.4 Å².